The van der Waals surface area contributed by atoms with Crippen LogP contribution >= 0.6 is 0 Å². The van der Waals surface area contributed by atoms with Crippen LogP contribution in [0.25, 0.3) is 54.7 Å². The molecule has 8 rings (SSSR count). The van der Waals surface area contributed by atoms with Crippen molar-refractivity contribution in [2.75, 3.05) is 4.90 Å². The lowest BCUT2D eigenvalue weighted by atomic mass is 9.98. The number of para-hydroxylation sites is 3. The standard InChI is InChI=1S/C37H24N2O/c1-2-12-27(13-3-1)39(28-22-20-26(21-23-28)30-16-8-11-25-10-4-5-14-29(25)30)34-19-9-17-32-36-31-15-6-7-18-33(31)38-24-35(36)40-37(32)34/h1-24H. The van der Waals surface area contributed by atoms with Crippen molar-refractivity contribution in [3.05, 3.63) is 146 Å². The van der Waals surface area contributed by atoms with Crippen LogP contribution in [-0.2, 0) is 0 Å². The topological polar surface area (TPSA) is 29.3 Å². The Morgan fingerprint density at radius 2 is 1.20 bits per heavy atom. The zero-order valence-electron chi connectivity index (χ0n) is 21.7. The van der Waals surface area contributed by atoms with Gasteiger partial charge in [0, 0.05) is 27.5 Å². The van der Waals surface area contributed by atoms with Crippen LogP contribution < -0.4 is 4.90 Å². The maximum atomic E-state index is 6.55. The molecular formula is C37H24N2O. The van der Waals surface area contributed by atoms with E-state index in [1.807, 2.05) is 24.4 Å². The van der Waals surface area contributed by atoms with E-state index in [0.717, 1.165) is 49.9 Å². The predicted octanol–water partition coefficient (Wildman–Crippen LogP) is 10.4. The highest BCUT2D eigenvalue weighted by molar-refractivity contribution is 6.20. The summed E-state index contributed by atoms with van der Waals surface area (Å²) < 4.78 is 6.55. The number of fused-ring (bicyclic) bond motifs is 6. The molecule has 0 radical (unpaired) electrons. The van der Waals surface area contributed by atoms with E-state index in [9.17, 15) is 0 Å². The minimum absolute atomic E-state index is 0.792. The molecule has 6 aromatic carbocycles. The molecule has 0 spiro atoms. The van der Waals surface area contributed by atoms with Crippen molar-refractivity contribution in [3.8, 4) is 11.1 Å². The lowest BCUT2D eigenvalue weighted by Gasteiger charge is -2.25. The summed E-state index contributed by atoms with van der Waals surface area (Å²) in [6.45, 7) is 0. The van der Waals surface area contributed by atoms with Crippen molar-refractivity contribution in [3.63, 3.8) is 0 Å². The van der Waals surface area contributed by atoms with Crippen LogP contribution in [0.4, 0.5) is 17.1 Å². The van der Waals surface area contributed by atoms with Gasteiger partial charge >= 0.3 is 0 Å². The molecule has 0 N–H and O–H groups in total. The van der Waals surface area contributed by atoms with Crippen molar-refractivity contribution < 1.29 is 4.42 Å². The molecule has 3 heteroatoms. The van der Waals surface area contributed by atoms with Crippen LogP contribution in [0, 0.1) is 0 Å². The molecule has 188 valence electrons. The number of hydrogen-bond donors (Lipinski definition) is 0. The molecule has 8 aromatic rings. The zero-order chi connectivity index (χ0) is 26.5. The van der Waals surface area contributed by atoms with Gasteiger partial charge in [0.1, 0.15) is 0 Å². The van der Waals surface area contributed by atoms with E-state index in [1.165, 1.54) is 21.9 Å². The van der Waals surface area contributed by atoms with E-state index < -0.39 is 0 Å². The lowest BCUT2D eigenvalue weighted by molar-refractivity contribution is 0.667. The Morgan fingerprint density at radius 1 is 0.525 bits per heavy atom. The summed E-state index contributed by atoms with van der Waals surface area (Å²) in [6, 6.07) is 48.9. The summed E-state index contributed by atoms with van der Waals surface area (Å²) in [4.78, 5) is 6.92. The van der Waals surface area contributed by atoms with E-state index in [2.05, 4.69) is 131 Å². The minimum atomic E-state index is 0.792. The molecule has 0 saturated carbocycles. The molecule has 0 fully saturated rings. The SMILES string of the molecule is c1ccc(N(c2ccc(-c3cccc4ccccc34)cc2)c2cccc3c2oc2cnc4ccccc4c23)cc1. The lowest BCUT2D eigenvalue weighted by Crippen LogP contribution is -2.10. The van der Waals surface area contributed by atoms with Gasteiger partial charge in [-0.1, -0.05) is 103 Å². The number of hydrogen-bond acceptors (Lipinski definition) is 3. The molecule has 0 aliphatic heterocycles. The number of aromatic nitrogens is 1. The number of anilines is 3. The third-order valence-corrected chi connectivity index (χ3v) is 7.70. The van der Waals surface area contributed by atoms with Gasteiger partial charge in [-0.2, -0.15) is 0 Å². The minimum Gasteiger partial charge on any atom is -0.452 e. The summed E-state index contributed by atoms with van der Waals surface area (Å²) >= 11 is 0. The molecule has 0 bridgehead atoms. The molecule has 0 aliphatic carbocycles. The van der Waals surface area contributed by atoms with Crippen molar-refractivity contribution in [1.29, 1.82) is 0 Å². The number of rotatable bonds is 4. The highest BCUT2D eigenvalue weighted by Gasteiger charge is 2.20. The van der Waals surface area contributed by atoms with Crippen molar-refractivity contribution in [1.82, 2.24) is 4.98 Å². The average Bonchev–Trinajstić information content (AvgIpc) is 3.42. The van der Waals surface area contributed by atoms with Crippen molar-refractivity contribution in [2.24, 2.45) is 0 Å². The Balaban J connectivity index is 1.32. The fourth-order valence-corrected chi connectivity index (χ4v) is 5.86. The van der Waals surface area contributed by atoms with Gasteiger partial charge in [-0.15, -0.1) is 0 Å². The van der Waals surface area contributed by atoms with Crippen LogP contribution in [0.2, 0.25) is 0 Å². The molecule has 0 atom stereocenters. The van der Waals surface area contributed by atoms with Gasteiger partial charge in [0.05, 0.1) is 17.4 Å². The third kappa shape index (κ3) is 3.56. The van der Waals surface area contributed by atoms with Gasteiger partial charge in [0.2, 0.25) is 0 Å². The highest BCUT2D eigenvalue weighted by Crippen LogP contribution is 2.43. The fourth-order valence-electron chi connectivity index (χ4n) is 5.86. The van der Waals surface area contributed by atoms with Gasteiger partial charge in [-0.25, -0.2) is 0 Å². The van der Waals surface area contributed by atoms with Gasteiger partial charge in [0.15, 0.2) is 11.2 Å². The Hall–Kier alpha value is -5.41. The second kappa shape index (κ2) is 9.11. The summed E-state index contributed by atoms with van der Waals surface area (Å²) in [5, 5.41) is 5.78. The second-order valence-corrected chi connectivity index (χ2v) is 10.0. The normalized spacial score (nSPS) is 11.5. The average molecular weight is 513 g/mol. The quantitative estimate of drug-likeness (QED) is 0.235. The fraction of sp³-hybridized carbons (Fsp3) is 0. The molecule has 40 heavy (non-hydrogen) atoms. The van der Waals surface area contributed by atoms with E-state index in [0.29, 0.717) is 0 Å². The summed E-state index contributed by atoms with van der Waals surface area (Å²) in [7, 11) is 0. The summed E-state index contributed by atoms with van der Waals surface area (Å²) in [5.74, 6) is 0. The smallest absolute Gasteiger partial charge is 0.159 e. The third-order valence-electron chi connectivity index (χ3n) is 7.70. The molecular weight excluding hydrogens is 488 g/mol. The number of pyridine rings is 1. The highest BCUT2D eigenvalue weighted by atomic mass is 16.3. The van der Waals surface area contributed by atoms with E-state index in [4.69, 9.17) is 4.42 Å². The molecule has 0 amide bonds. The van der Waals surface area contributed by atoms with Gasteiger partial charge in [0.25, 0.3) is 0 Å². The predicted molar refractivity (Wildman–Crippen MR) is 167 cm³/mol. The first-order valence-corrected chi connectivity index (χ1v) is 13.5. The van der Waals surface area contributed by atoms with Gasteiger partial charge in [-0.05, 0) is 58.3 Å². The molecule has 3 nitrogen and oxygen atoms in total. The molecule has 0 aliphatic rings. The second-order valence-electron chi connectivity index (χ2n) is 10.0. The first-order chi connectivity index (χ1) is 19.8. The Labute approximate surface area is 231 Å². The van der Waals surface area contributed by atoms with Crippen LogP contribution in [-0.4, -0.2) is 4.98 Å². The van der Waals surface area contributed by atoms with E-state index >= 15 is 0 Å². The number of nitrogens with zero attached hydrogens (tertiary/aromatic N) is 2. The maximum Gasteiger partial charge on any atom is 0.159 e. The molecule has 2 heterocycles. The van der Waals surface area contributed by atoms with E-state index in [1.54, 1.807) is 0 Å². The Morgan fingerprint density at radius 3 is 2.08 bits per heavy atom. The van der Waals surface area contributed by atoms with E-state index in [-0.39, 0.29) is 0 Å². The van der Waals surface area contributed by atoms with Crippen LogP contribution in [0.15, 0.2) is 150 Å². The van der Waals surface area contributed by atoms with Crippen molar-refractivity contribution >= 4 is 60.7 Å². The van der Waals surface area contributed by atoms with Gasteiger partial charge < -0.3 is 9.32 Å². The van der Waals surface area contributed by atoms with Gasteiger partial charge in [-0.3, -0.25) is 4.98 Å². The number of benzene rings is 6. The van der Waals surface area contributed by atoms with Crippen molar-refractivity contribution in [2.45, 2.75) is 0 Å². The molecule has 0 saturated heterocycles. The molecule has 0 unspecified atom stereocenters. The monoisotopic (exact) mass is 512 g/mol. The van der Waals surface area contributed by atoms with Crippen LogP contribution in [0.3, 0.4) is 0 Å². The summed E-state index contributed by atoms with van der Waals surface area (Å²) in [6.07, 6.45) is 1.84. The summed E-state index contributed by atoms with van der Waals surface area (Å²) in [5.41, 5.74) is 8.14. The maximum absolute atomic E-state index is 6.55. The first kappa shape index (κ1) is 22.6. The van der Waals surface area contributed by atoms with Crippen LogP contribution in [0.5, 0.6) is 0 Å². The zero-order valence-corrected chi connectivity index (χ0v) is 21.7. The first-order valence-electron chi connectivity index (χ1n) is 13.5. The van der Waals surface area contributed by atoms with Crippen LogP contribution in [0.1, 0.15) is 0 Å². The largest absolute Gasteiger partial charge is 0.452 e. The Kier molecular flexibility index (Phi) is 5.14. The Bertz CT molecular complexity index is 2160. The molecule has 2 aromatic heterocycles. The number of furan rings is 1.